The van der Waals surface area contributed by atoms with Crippen LogP contribution in [0.2, 0.25) is 0 Å². The quantitative estimate of drug-likeness (QED) is 0.0429. The minimum absolute atomic E-state index is 0. The molecule has 1 aromatic heterocycles. The number of nitrogens with one attached hydrogen (secondary N) is 3. The van der Waals surface area contributed by atoms with Crippen LogP contribution in [0.3, 0.4) is 0 Å². The van der Waals surface area contributed by atoms with Gasteiger partial charge in [-0.25, -0.2) is 0 Å². The number of para-hydroxylation sites is 1. The molecule has 3 N–H and O–H groups in total. The Morgan fingerprint density at radius 1 is 0.846 bits per heavy atom. The highest BCUT2D eigenvalue weighted by Crippen LogP contribution is 2.33. The maximum atomic E-state index is 13.7. The maximum Gasteiger partial charge on any atom is 0.270 e. The number of nitro benzene ring substituents is 1. The number of fused-ring (bicyclic) bond motifs is 2. The van der Waals surface area contributed by atoms with E-state index in [2.05, 4.69) is 25.4 Å². The predicted molar refractivity (Wildman–Crippen MR) is 206 cm³/mol. The number of anilines is 1. The summed E-state index contributed by atoms with van der Waals surface area (Å²) in [6, 6.07) is 18.4. The van der Waals surface area contributed by atoms with Gasteiger partial charge in [0.1, 0.15) is 0 Å². The number of rotatable bonds is 15. The first-order chi connectivity index (χ1) is 24.5. The van der Waals surface area contributed by atoms with Gasteiger partial charge in [-0.1, -0.05) is 24.3 Å². The van der Waals surface area contributed by atoms with Gasteiger partial charge in [-0.15, -0.1) is 12.4 Å². The van der Waals surface area contributed by atoms with Gasteiger partial charge in [0.25, 0.3) is 23.4 Å². The van der Waals surface area contributed by atoms with Crippen molar-refractivity contribution in [1.29, 1.82) is 0 Å². The monoisotopic (exact) mass is 727 g/mol. The minimum Gasteiger partial charge on any atom is -0.384 e. The molecule has 0 saturated carbocycles. The summed E-state index contributed by atoms with van der Waals surface area (Å²) in [7, 11) is 5.92. The molecule has 2 heterocycles. The number of halogens is 1. The van der Waals surface area contributed by atoms with Crippen molar-refractivity contribution in [2.75, 3.05) is 65.7 Å². The number of carbonyl (C=O) groups excluding carboxylic acids is 3. The third-order valence-corrected chi connectivity index (χ3v) is 9.25. The molecule has 52 heavy (non-hydrogen) atoms. The van der Waals surface area contributed by atoms with E-state index < -0.39 is 16.7 Å². The van der Waals surface area contributed by atoms with E-state index in [-0.39, 0.29) is 41.5 Å². The third-order valence-electron chi connectivity index (χ3n) is 9.25. The van der Waals surface area contributed by atoms with Crippen molar-refractivity contribution in [1.82, 2.24) is 25.0 Å². The molecule has 4 aromatic carbocycles. The van der Waals surface area contributed by atoms with Gasteiger partial charge in [0.2, 0.25) is 0 Å². The zero-order chi connectivity index (χ0) is 36.2. The molecule has 0 fully saturated rings. The first kappa shape index (κ1) is 37.9. The Labute approximate surface area is 306 Å². The van der Waals surface area contributed by atoms with E-state index in [1.807, 2.05) is 39.3 Å². The second-order valence-corrected chi connectivity index (χ2v) is 13.2. The standard InChI is InChI=1S/C38H41N7O6.ClH/c1-42(2)18-7-17-40-36(47)28-14-15-31(33-34(28)41-30-13-5-4-11-26(30)35(33)46)39-16-8-19-43(3)20-9-21-44-37(48)27-12-6-10-24-22-25(45(50)51)23-29(32(24)27)38(44)49;/h4-6,10-15,22-23,39H,7-9,16-21H2,1-3H3,(H,40,47)(H,41,46);1H. The summed E-state index contributed by atoms with van der Waals surface area (Å²) in [6.45, 7) is 3.41. The second-order valence-electron chi connectivity index (χ2n) is 13.2. The van der Waals surface area contributed by atoms with Crippen LogP contribution < -0.4 is 16.1 Å². The number of hydrogen-bond donors (Lipinski definition) is 3. The fraction of sp³-hybridized carbons (Fsp3) is 0.316. The summed E-state index contributed by atoms with van der Waals surface area (Å²) in [5.41, 5.74) is 2.38. The lowest BCUT2D eigenvalue weighted by molar-refractivity contribution is -0.384. The van der Waals surface area contributed by atoms with Crippen LogP contribution >= 0.6 is 12.4 Å². The fourth-order valence-corrected chi connectivity index (χ4v) is 6.69. The lowest BCUT2D eigenvalue weighted by Crippen LogP contribution is -2.41. The number of aromatic amines is 1. The van der Waals surface area contributed by atoms with E-state index in [0.717, 1.165) is 19.4 Å². The number of aromatic nitrogens is 1. The first-order valence-corrected chi connectivity index (χ1v) is 17.1. The lowest BCUT2D eigenvalue weighted by Gasteiger charge is -2.27. The van der Waals surface area contributed by atoms with E-state index in [0.29, 0.717) is 82.0 Å². The second kappa shape index (κ2) is 16.3. The van der Waals surface area contributed by atoms with Gasteiger partial charge in [-0.3, -0.25) is 34.2 Å². The van der Waals surface area contributed by atoms with Gasteiger partial charge in [0.05, 0.1) is 27.0 Å². The Balaban J connectivity index is 0.00000523. The van der Waals surface area contributed by atoms with Gasteiger partial charge in [0, 0.05) is 59.3 Å². The van der Waals surface area contributed by atoms with E-state index in [9.17, 15) is 29.3 Å². The number of carbonyl (C=O) groups is 3. The van der Waals surface area contributed by atoms with Crippen LogP contribution in [0.5, 0.6) is 0 Å². The van der Waals surface area contributed by atoms with Gasteiger partial charge in [-0.05, 0) is 95.8 Å². The summed E-state index contributed by atoms with van der Waals surface area (Å²) in [6.07, 6.45) is 2.06. The topological polar surface area (TPSA) is 161 Å². The molecule has 0 atom stereocenters. The Kier molecular flexibility index (Phi) is 11.9. The molecular weight excluding hydrogens is 686 g/mol. The molecule has 0 unspecified atom stereocenters. The van der Waals surface area contributed by atoms with Crippen molar-refractivity contribution < 1.29 is 19.3 Å². The smallest absolute Gasteiger partial charge is 0.270 e. The third kappa shape index (κ3) is 7.76. The number of imide groups is 1. The SMILES string of the molecule is CN(C)CCCNC(=O)c1ccc(NCCCN(C)CCCN2C(=O)c3cccc4cc([N+](=O)[O-])cc(c34)C2=O)c2c(=O)c3ccccc3[nH]c12.Cl. The molecule has 0 spiro atoms. The van der Waals surface area contributed by atoms with Crippen molar-refractivity contribution >= 4 is 74.1 Å². The van der Waals surface area contributed by atoms with Gasteiger partial charge >= 0.3 is 0 Å². The number of amides is 3. The highest BCUT2D eigenvalue weighted by atomic mass is 35.5. The van der Waals surface area contributed by atoms with Gasteiger partial charge in [0.15, 0.2) is 5.43 Å². The van der Waals surface area contributed by atoms with Crippen molar-refractivity contribution in [2.45, 2.75) is 19.3 Å². The van der Waals surface area contributed by atoms with Crippen LogP contribution in [0.25, 0.3) is 32.6 Å². The average Bonchev–Trinajstić information content (AvgIpc) is 3.11. The highest BCUT2D eigenvalue weighted by molar-refractivity contribution is 6.25. The molecule has 1 aliphatic heterocycles. The molecule has 3 amide bonds. The molecule has 0 saturated heterocycles. The number of H-pyrrole nitrogens is 1. The number of nitrogens with zero attached hydrogens (tertiary/aromatic N) is 4. The Morgan fingerprint density at radius 2 is 1.58 bits per heavy atom. The Hall–Kier alpha value is -5.37. The molecule has 0 bridgehead atoms. The van der Waals surface area contributed by atoms with Crippen LogP contribution in [-0.2, 0) is 0 Å². The van der Waals surface area contributed by atoms with Crippen LogP contribution in [0, 0.1) is 10.1 Å². The largest absolute Gasteiger partial charge is 0.384 e. The molecule has 0 radical (unpaired) electrons. The Morgan fingerprint density at radius 3 is 2.35 bits per heavy atom. The molecular formula is C38H42ClN7O6. The zero-order valence-electron chi connectivity index (χ0n) is 29.4. The molecule has 0 aliphatic carbocycles. The number of benzene rings is 4. The summed E-state index contributed by atoms with van der Waals surface area (Å²) in [5.74, 6) is -1.17. The highest BCUT2D eigenvalue weighted by Gasteiger charge is 2.34. The zero-order valence-corrected chi connectivity index (χ0v) is 30.2. The van der Waals surface area contributed by atoms with Crippen LogP contribution in [0.1, 0.15) is 50.3 Å². The lowest BCUT2D eigenvalue weighted by atomic mass is 9.93. The molecule has 1 aliphatic rings. The molecule has 5 aromatic rings. The first-order valence-electron chi connectivity index (χ1n) is 17.1. The van der Waals surface area contributed by atoms with Crippen LogP contribution in [-0.4, -0.2) is 103 Å². The number of pyridine rings is 1. The summed E-state index contributed by atoms with van der Waals surface area (Å²) in [5, 5.41) is 19.8. The van der Waals surface area contributed by atoms with Crippen molar-refractivity contribution in [3.63, 3.8) is 0 Å². The fourth-order valence-electron chi connectivity index (χ4n) is 6.69. The van der Waals surface area contributed by atoms with E-state index in [1.165, 1.54) is 17.0 Å². The summed E-state index contributed by atoms with van der Waals surface area (Å²) < 4.78 is 0. The van der Waals surface area contributed by atoms with Crippen molar-refractivity contribution in [2.24, 2.45) is 0 Å². The molecule has 272 valence electrons. The molecule has 13 nitrogen and oxygen atoms in total. The van der Waals surface area contributed by atoms with Crippen LogP contribution in [0.4, 0.5) is 11.4 Å². The van der Waals surface area contributed by atoms with E-state index >= 15 is 0 Å². The Bertz CT molecular complexity index is 2240. The van der Waals surface area contributed by atoms with Crippen LogP contribution in [0.15, 0.2) is 71.5 Å². The van der Waals surface area contributed by atoms with Crippen molar-refractivity contribution in [3.05, 3.63) is 104 Å². The minimum atomic E-state index is -0.536. The normalized spacial score (nSPS) is 12.6. The average molecular weight is 728 g/mol. The molecule has 6 rings (SSSR count). The van der Waals surface area contributed by atoms with Crippen molar-refractivity contribution in [3.8, 4) is 0 Å². The van der Waals surface area contributed by atoms with E-state index in [4.69, 9.17) is 0 Å². The molecule has 14 heteroatoms. The van der Waals surface area contributed by atoms with Gasteiger partial charge in [-0.2, -0.15) is 0 Å². The predicted octanol–water partition coefficient (Wildman–Crippen LogP) is 5.27. The number of hydrogen-bond acceptors (Lipinski definition) is 9. The van der Waals surface area contributed by atoms with E-state index in [1.54, 1.807) is 36.4 Å². The number of non-ortho nitro benzene ring substituents is 1. The maximum absolute atomic E-state index is 13.7. The van der Waals surface area contributed by atoms with Gasteiger partial charge < -0.3 is 25.4 Å². The summed E-state index contributed by atoms with van der Waals surface area (Å²) >= 11 is 0. The number of nitro groups is 1. The summed E-state index contributed by atoms with van der Waals surface area (Å²) in [4.78, 5) is 73.2.